The maximum Gasteiger partial charge on any atom is 0.243 e. The van der Waals surface area contributed by atoms with Crippen molar-refractivity contribution in [3.05, 3.63) is 47.8 Å². The Balaban J connectivity index is 1.76. The van der Waals surface area contributed by atoms with Crippen LogP contribution in [0.15, 0.2) is 41.3 Å². The van der Waals surface area contributed by atoms with E-state index in [1.165, 1.54) is 10.4 Å². The van der Waals surface area contributed by atoms with Crippen LogP contribution in [-0.2, 0) is 14.8 Å². The average molecular weight is 449 g/mol. The molecule has 3 rings (SSSR count). The van der Waals surface area contributed by atoms with Crippen LogP contribution in [-0.4, -0.2) is 52.4 Å². The van der Waals surface area contributed by atoms with Crippen LogP contribution in [0.4, 0.5) is 21.5 Å². The molecule has 0 saturated carbocycles. The molecule has 31 heavy (non-hydrogen) atoms. The minimum absolute atomic E-state index is 0.0937. The summed E-state index contributed by atoms with van der Waals surface area (Å²) in [7, 11) is 0.0931. The molecule has 7 nitrogen and oxygen atoms in total. The molecule has 0 aromatic heterocycles. The second-order valence-electron chi connectivity index (χ2n) is 7.90. The summed E-state index contributed by atoms with van der Waals surface area (Å²) in [6, 6.07) is 9.39. The number of piperidine rings is 1. The van der Waals surface area contributed by atoms with Crippen molar-refractivity contribution in [2.24, 2.45) is 0 Å². The molecule has 1 heterocycles. The van der Waals surface area contributed by atoms with Crippen LogP contribution < -0.4 is 15.5 Å². The second-order valence-corrected chi connectivity index (χ2v) is 9.84. The first-order chi connectivity index (χ1) is 14.7. The van der Waals surface area contributed by atoms with E-state index in [1.807, 2.05) is 19.0 Å². The van der Waals surface area contributed by atoms with Crippen molar-refractivity contribution in [3.8, 4) is 0 Å². The topological polar surface area (TPSA) is 81.8 Å². The van der Waals surface area contributed by atoms with Crippen LogP contribution in [0, 0.1) is 12.7 Å². The van der Waals surface area contributed by atoms with Crippen molar-refractivity contribution < 1.29 is 17.6 Å². The molecule has 168 valence electrons. The number of rotatable bonds is 7. The third-order valence-corrected chi connectivity index (χ3v) is 7.19. The van der Waals surface area contributed by atoms with E-state index in [1.54, 1.807) is 37.3 Å². The number of aryl methyl sites for hydroxylation is 1. The largest absolute Gasteiger partial charge is 0.376 e. The van der Waals surface area contributed by atoms with E-state index in [2.05, 4.69) is 10.6 Å². The van der Waals surface area contributed by atoms with Gasteiger partial charge in [-0.25, -0.2) is 12.8 Å². The van der Waals surface area contributed by atoms with E-state index in [4.69, 9.17) is 0 Å². The van der Waals surface area contributed by atoms with Crippen molar-refractivity contribution in [1.29, 1.82) is 0 Å². The zero-order chi connectivity index (χ0) is 22.6. The van der Waals surface area contributed by atoms with Crippen molar-refractivity contribution in [1.82, 2.24) is 4.31 Å². The Morgan fingerprint density at radius 2 is 1.81 bits per heavy atom. The smallest absolute Gasteiger partial charge is 0.243 e. The number of benzene rings is 2. The fraction of sp³-hybridized carbons (Fsp3) is 0.409. The lowest BCUT2D eigenvalue weighted by Gasteiger charge is -2.27. The van der Waals surface area contributed by atoms with Crippen LogP contribution in [0.25, 0.3) is 0 Å². The number of sulfonamides is 1. The van der Waals surface area contributed by atoms with Gasteiger partial charge in [0.1, 0.15) is 5.82 Å². The van der Waals surface area contributed by atoms with Crippen molar-refractivity contribution in [3.63, 3.8) is 0 Å². The monoisotopic (exact) mass is 448 g/mol. The Morgan fingerprint density at radius 3 is 2.45 bits per heavy atom. The summed E-state index contributed by atoms with van der Waals surface area (Å²) in [4.78, 5) is 14.4. The highest BCUT2D eigenvalue weighted by molar-refractivity contribution is 7.89. The first-order valence-corrected chi connectivity index (χ1v) is 11.7. The minimum atomic E-state index is -3.59. The number of nitrogens with zero attached hydrogens (tertiary/aromatic N) is 2. The number of carbonyl (C=O) groups excluding carboxylic acids is 1. The fourth-order valence-electron chi connectivity index (χ4n) is 3.51. The van der Waals surface area contributed by atoms with Gasteiger partial charge in [-0.2, -0.15) is 4.31 Å². The predicted octanol–water partition coefficient (Wildman–Crippen LogP) is 3.43. The standard InChI is InChI=1S/C22H29FN4O3S/c1-16-7-8-17(13-19(16)23)25-22(28)15-24-20-14-18(9-10-21(20)26(2)3)31(29,30)27-11-5-4-6-12-27/h7-10,13-14,24H,4-6,11-12,15H2,1-3H3,(H,25,28). The summed E-state index contributed by atoms with van der Waals surface area (Å²) in [5.41, 5.74) is 2.16. The van der Waals surface area contributed by atoms with E-state index in [0.717, 1.165) is 24.9 Å². The molecule has 1 aliphatic heterocycles. The van der Waals surface area contributed by atoms with Crippen LogP contribution in [0.2, 0.25) is 0 Å². The van der Waals surface area contributed by atoms with Gasteiger partial charge >= 0.3 is 0 Å². The molecule has 0 unspecified atom stereocenters. The molecule has 0 radical (unpaired) electrons. The Hall–Kier alpha value is -2.65. The SMILES string of the molecule is Cc1ccc(NC(=O)CNc2cc(S(=O)(=O)N3CCCCC3)ccc2N(C)C)cc1F. The van der Waals surface area contributed by atoms with Gasteiger partial charge in [-0.1, -0.05) is 12.5 Å². The normalized spacial score (nSPS) is 14.8. The molecule has 1 fully saturated rings. The molecule has 1 amide bonds. The predicted molar refractivity (Wildman–Crippen MR) is 122 cm³/mol. The van der Waals surface area contributed by atoms with Crippen LogP contribution in [0.1, 0.15) is 24.8 Å². The van der Waals surface area contributed by atoms with Crippen molar-refractivity contribution in [2.75, 3.05) is 49.3 Å². The molecule has 1 aliphatic rings. The third-order valence-electron chi connectivity index (χ3n) is 5.30. The second kappa shape index (κ2) is 9.65. The van der Waals surface area contributed by atoms with Crippen molar-refractivity contribution >= 4 is 33.0 Å². The van der Waals surface area contributed by atoms with Gasteiger partial charge in [0, 0.05) is 32.9 Å². The summed E-state index contributed by atoms with van der Waals surface area (Å²) < 4.78 is 41.3. The Morgan fingerprint density at radius 1 is 1.10 bits per heavy atom. The van der Waals surface area contributed by atoms with E-state index in [0.29, 0.717) is 30.0 Å². The quantitative estimate of drug-likeness (QED) is 0.678. The lowest BCUT2D eigenvalue weighted by atomic mass is 10.2. The lowest BCUT2D eigenvalue weighted by Crippen LogP contribution is -2.35. The van der Waals surface area contributed by atoms with Gasteiger partial charge in [0.05, 0.1) is 22.8 Å². The van der Waals surface area contributed by atoms with E-state index in [9.17, 15) is 17.6 Å². The molecular weight excluding hydrogens is 419 g/mol. The molecule has 1 saturated heterocycles. The molecule has 2 aromatic carbocycles. The summed E-state index contributed by atoms with van der Waals surface area (Å²) in [5, 5.41) is 5.67. The van der Waals surface area contributed by atoms with Gasteiger partial charge in [-0.3, -0.25) is 4.79 Å². The first kappa shape index (κ1) is 23.0. The summed E-state index contributed by atoms with van der Waals surface area (Å²) in [6.07, 6.45) is 2.76. The van der Waals surface area contributed by atoms with Gasteiger partial charge in [-0.15, -0.1) is 0 Å². The first-order valence-electron chi connectivity index (χ1n) is 10.3. The van der Waals surface area contributed by atoms with Crippen LogP contribution in [0.5, 0.6) is 0 Å². The highest BCUT2D eigenvalue weighted by Gasteiger charge is 2.26. The minimum Gasteiger partial charge on any atom is -0.376 e. The fourth-order valence-corrected chi connectivity index (χ4v) is 5.06. The number of carbonyl (C=O) groups is 1. The number of hydrogen-bond donors (Lipinski definition) is 2. The molecule has 0 bridgehead atoms. The highest BCUT2D eigenvalue weighted by Crippen LogP contribution is 2.30. The third kappa shape index (κ3) is 5.54. The van der Waals surface area contributed by atoms with E-state index >= 15 is 0 Å². The van der Waals surface area contributed by atoms with Crippen LogP contribution in [0.3, 0.4) is 0 Å². The van der Waals surface area contributed by atoms with Gasteiger partial charge in [0.2, 0.25) is 15.9 Å². The molecule has 2 aromatic rings. The zero-order valence-corrected chi connectivity index (χ0v) is 18.9. The van der Waals surface area contributed by atoms with Gasteiger partial charge < -0.3 is 15.5 Å². The van der Waals surface area contributed by atoms with Gasteiger partial charge in [-0.05, 0) is 55.7 Å². The van der Waals surface area contributed by atoms with Gasteiger partial charge in [0.25, 0.3) is 0 Å². The highest BCUT2D eigenvalue weighted by atomic mass is 32.2. The number of halogens is 1. The summed E-state index contributed by atoms with van der Waals surface area (Å²) >= 11 is 0. The maximum absolute atomic E-state index is 13.7. The number of amides is 1. The van der Waals surface area contributed by atoms with E-state index in [-0.39, 0.29) is 17.3 Å². The summed E-state index contributed by atoms with van der Waals surface area (Å²) in [5.74, 6) is -0.756. The Labute approximate surface area is 183 Å². The van der Waals surface area contributed by atoms with Crippen LogP contribution >= 0.6 is 0 Å². The molecule has 2 N–H and O–H groups in total. The average Bonchev–Trinajstić information content (AvgIpc) is 2.75. The molecule has 0 spiro atoms. The van der Waals surface area contributed by atoms with E-state index < -0.39 is 15.8 Å². The van der Waals surface area contributed by atoms with Gasteiger partial charge in [0.15, 0.2) is 0 Å². The summed E-state index contributed by atoms with van der Waals surface area (Å²) in [6.45, 7) is 2.60. The zero-order valence-electron chi connectivity index (χ0n) is 18.1. The maximum atomic E-state index is 13.7. The molecular formula is C22H29FN4O3S. The lowest BCUT2D eigenvalue weighted by molar-refractivity contribution is -0.114. The number of hydrogen-bond acceptors (Lipinski definition) is 5. The number of nitrogens with one attached hydrogen (secondary N) is 2. The molecule has 0 atom stereocenters. The molecule has 0 aliphatic carbocycles. The molecule has 9 heteroatoms. The van der Waals surface area contributed by atoms with Crippen molar-refractivity contribution in [2.45, 2.75) is 31.1 Å². The Kier molecular flexibility index (Phi) is 7.17. The number of anilines is 3. The Bertz CT molecular complexity index is 1050.